The summed E-state index contributed by atoms with van der Waals surface area (Å²) in [5.41, 5.74) is 2.07. The molecular formula is C14H19N3S. The number of pyridine rings is 1. The quantitative estimate of drug-likeness (QED) is 0.819. The van der Waals surface area contributed by atoms with Crippen LogP contribution in [-0.4, -0.2) is 20.3 Å². The summed E-state index contributed by atoms with van der Waals surface area (Å²) in [5.74, 6) is 2.49. The fraction of sp³-hybridized carbons (Fsp3) is 0.571. The maximum Gasteiger partial charge on any atom is 0.160 e. The molecule has 0 N–H and O–H groups in total. The van der Waals surface area contributed by atoms with Gasteiger partial charge in [0, 0.05) is 12.2 Å². The minimum Gasteiger partial charge on any atom is -0.309 e. The minimum absolute atomic E-state index is 0.419. The maximum atomic E-state index is 4.84. The Morgan fingerprint density at radius 1 is 1.39 bits per heavy atom. The second-order valence-electron chi connectivity index (χ2n) is 5.14. The number of fused-ring (bicyclic) bond motifs is 1. The molecule has 3 rings (SSSR count). The van der Waals surface area contributed by atoms with Crippen LogP contribution < -0.4 is 0 Å². The largest absolute Gasteiger partial charge is 0.309 e. The highest BCUT2D eigenvalue weighted by Gasteiger charge is 2.24. The Morgan fingerprint density at radius 2 is 2.28 bits per heavy atom. The predicted octanol–water partition coefficient (Wildman–Crippen LogP) is 3.97. The van der Waals surface area contributed by atoms with Gasteiger partial charge in [0.05, 0.1) is 5.25 Å². The SMILES string of the molecule is CC(C)n1c(C2CCCCS2)nc2cccnc21. The van der Waals surface area contributed by atoms with E-state index >= 15 is 0 Å². The molecule has 1 fully saturated rings. The van der Waals surface area contributed by atoms with Crippen LogP contribution in [0.1, 0.15) is 50.2 Å². The van der Waals surface area contributed by atoms with Crippen molar-refractivity contribution < 1.29 is 0 Å². The second kappa shape index (κ2) is 4.92. The van der Waals surface area contributed by atoms with Crippen molar-refractivity contribution >= 4 is 22.9 Å². The number of hydrogen-bond donors (Lipinski definition) is 0. The molecule has 1 aliphatic heterocycles. The molecule has 1 saturated heterocycles. The summed E-state index contributed by atoms with van der Waals surface area (Å²) in [6, 6.07) is 4.46. The average Bonchev–Trinajstić information content (AvgIpc) is 2.79. The van der Waals surface area contributed by atoms with Crippen molar-refractivity contribution in [2.24, 2.45) is 0 Å². The van der Waals surface area contributed by atoms with Crippen LogP contribution in [0.3, 0.4) is 0 Å². The van der Waals surface area contributed by atoms with E-state index in [9.17, 15) is 0 Å². The lowest BCUT2D eigenvalue weighted by Crippen LogP contribution is -2.12. The zero-order valence-corrected chi connectivity index (χ0v) is 11.8. The summed E-state index contributed by atoms with van der Waals surface area (Å²) in [6.45, 7) is 4.43. The maximum absolute atomic E-state index is 4.84. The zero-order valence-electron chi connectivity index (χ0n) is 11.0. The van der Waals surface area contributed by atoms with Gasteiger partial charge >= 0.3 is 0 Å². The Balaban J connectivity index is 2.11. The molecule has 4 heteroatoms. The van der Waals surface area contributed by atoms with Crippen molar-refractivity contribution in [2.75, 3.05) is 5.75 Å². The first kappa shape index (κ1) is 12.0. The molecule has 1 aliphatic rings. The van der Waals surface area contributed by atoms with E-state index in [1.165, 1.54) is 30.8 Å². The molecule has 2 aromatic heterocycles. The standard InChI is InChI=1S/C14H19N3S/c1-10(2)17-13-11(6-5-8-15-13)16-14(17)12-7-3-4-9-18-12/h5-6,8,10,12H,3-4,7,9H2,1-2H3. The van der Waals surface area contributed by atoms with Crippen molar-refractivity contribution in [3.8, 4) is 0 Å². The second-order valence-corrected chi connectivity index (χ2v) is 6.45. The van der Waals surface area contributed by atoms with Crippen molar-refractivity contribution in [2.45, 2.75) is 44.4 Å². The first-order chi connectivity index (χ1) is 8.77. The van der Waals surface area contributed by atoms with Gasteiger partial charge in [-0.1, -0.05) is 6.42 Å². The smallest absolute Gasteiger partial charge is 0.160 e. The summed E-state index contributed by atoms with van der Waals surface area (Å²) in [7, 11) is 0. The highest BCUT2D eigenvalue weighted by molar-refractivity contribution is 7.99. The van der Waals surface area contributed by atoms with Gasteiger partial charge in [-0.05, 0) is 44.6 Å². The van der Waals surface area contributed by atoms with Gasteiger partial charge in [-0.3, -0.25) is 0 Å². The van der Waals surface area contributed by atoms with Crippen LogP contribution in [0.25, 0.3) is 11.2 Å². The summed E-state index contributed by atoms with van der Waals surface area (Å²) in [5, 5.41) is 0.551. The van der Waals surface area contributed by atoms with Gasteiger partial charge in [0.25, 0.3) is 0 Å². The van der Waals surface area contributed by atoms with Gasteiger partial charge < -0.3 is 4.57 Å². The summed E-state index contributed by atoms with van der Waals surface area (Å²) in [4.78, 5) is 9.35. The van der Waals surface area contributed by atoms with Crippen LogP contribution in [-0.2, 0) is 0 Å². The number of nitrogens with zero attached hydrogens (tertiary/aromatic N) is 3. The van der Waals surface area contributed by atoms with Crippen molar-refractivity contribution in [3.63, 3.8) is 0 Å². The molecule has 0 saturated carbocycles. The van der Waals surface area contributed by atoms with Crippen LogP contribution in [0.4, 0.5) is 0 Å². The third-order valence-corrected chi connectivity index (χ3v) is 4.83. The molecule has 0 spiro atoms. The lowest BCUT2D eigenvalue weighted by Gasteiger charge is -2.23. The van der Waals surface area contributed by atoms with Crippen molar-refractivity contribution in [1.29, 1.82) is 0 Å². The summed E-state index contributed by atoms with van der Waals surface area (Å²) in [6.07, 6.45) is 5.79. The van der Waals surface area contributed by atoms with E-state index in [4.69, 9.17) is 4.98 Å². The zero-order chi connectivity index (χ0) is 12.5. The minimum atomic E-state index is 0.419. The number of rotatable bonds is 2. The fourth-order valence-electron chi connectivity index (χ4n) is 2.63. The van der Waals surface area contributed by atoms with Gasteiger partial charge in [-0.25, -0.2) is 9.97 Å². The number of thioether (sulfide) groups is 1. The number of aromatic nitrogens is 3. The Labute approximate surface area is 112 Å². The van der Waals surface area contributed by atoms with Crippen LogP contribution >= 0.6 is 11.8 Å². The van der Waals surface area contributed by atoms with Crippen molar-refractivity contribution in [3.05, 3.63) is 24.2 Å². The molecule has 18 heavy (non-hydrogen) atoms. The first-order valence-corrected chi connectivity index (χ1v) is 7.76. The molecule has 3 heterocycles. The Morgan fingerprint density at radius 3 is 3.00 bits per heavy atom. The monoisotopic (exact) mass is 261 g/mol. The van der Waals surface area contributed by atoms with Crippen LogP contribution in [0.15, 0.2) is 18.3 Å². The average molecular weight is 261 g/mol. The topological polar surface area (TPSA) is 30.7 Å². The molecule has 0 bridgehead atoms. The third kappa shape index (κ3) is 2.03. The van der Waals surface area contributed by atoms with E-state index in [2.05, 4.69) is 41.2 Å². The Kier molecular flexibility index (Phi) is 3.29. The molecule has 0 radical (unpaired) electrons. The van der Waals surface area contributed by atoms with Gasteiger partial charge in [0.15, 0.2) is 5.65 Å². The molecule has 0 amide bonds. The predicted molar refractivity (Wildman–Crippen MR) is 77.0 cm³/mol. The number of imidazole rings is 1. The molecule has 96 valence electrons. The Bertz CT molecular complexity index is 541. The van der Waals surface area contributed by atoms with E-state index in [1.807, 2.05) is 12.3 Å². The lowest BCUT2D eigenvalue weighted by molar-refractivity contribution is 0.555. The summed E-state index contributed by atoms with van der Waals surface area (Å²) >= 11 is 2.05. The van der Waals surface area contributed by atoms with E-state index in [0.717, 1.165) is 11.2 Å². The molecule has 0 aromatic carbocycles. The number of hydrogen-bond acceptors (Lipinski definition) is 3. The van der Waals surface area contributed by atoms with Crippen LogP contribution in [0.5, 0.6) is 0 Å². The first-order valence-electron chi connectivity index (χ1n) is 6.72. The van der Waals surface area contributed by atoms with E-state index in [0.29, 0.717) is 11.3 Å². The molecular weight excluding hydrogens is 242 g/mol. The van der Waals surface area contributed by atoms with Gasteiger partial charge in [0.1, 0.15) is 11.3 Å². The Hall–Kier alpha value is -1.03. The summed E-state index contributed by atoms with van der Waals surface area (Å²) < 4.78 is 2.32. The molecule has 2 aromatic rings. The normalized spacial score (nSPS) is 20.7. The fourth-order valence-corrected chi connectivity index (χ4v) is 3.93. The van der Waals surface area contributed by atoms with E-state index < -0.39 is 0 Å². The van der Waals surface area contributed by atoms with Crippen LogP contribution in [0.2, 0.25) is 0 Å². The third-order valence-electron chi connectivity index (χ3n) is 3.46. The molecule has 1 atom stereocenters. The van der Waals surface area contributed by atoms with Gasteiger partial charge in [-0.2, -0.15) is 11.8 Å². The van der Waals surface area contributed by atoms with E-state index in [1.54, 1.807) is 0 Å². The molecule has 1 unspecified atom stereocenters. The highest BCUT2D eigenvalue weighted by atomic mass is 32.2. The molecule has 3 nitrogen and oxygen atoms in total. The highest BCUT2D eigenvalue weighted by Crippen LogP contribution is 2.39. The lowest BCUT2D eigenvalue weighted by atomic mass is 10.2. The van der Waals surface area contributed by atoms with E-state index in [-0.39, 0.29) is 0 Å². The van der Waals surface area contributed by atoms with Crippen molar-refractivity contribution in [1.82, 2.24) is 14.5 Å². The van der Waals surface area contributed by atoms with Crippen LogP contribution in [0, 0.1) is 0 Å². The van der Waals surface area contributed by atoms with Gasteiger partial charge in [-0.15, -0.1) is 0 Å². The van der Waals surface area contributed by atoms with Gasteiger partial charge in [0.2, 0.25) is 0 Å². The molecule has 0 aliphatic carbocycles.